The van der Waals surface area contributed by atoms with Gasteiger partial charge in [0, 0.05) is 0 Å². The van der Waals surface area contributed by atoms with Gasteiger partial charge in [-0.15, -0.1) is 0 Å². The zero-order valence-corrected chi connectivity index (χ0v) is 15.4. The average Bonchev–Trinajstić information content (AvgIpc) is 2.92. The molecule has 0 radical (unpaired) electrons. The molecule has 1 aliphatic rings. The summed E-state index contributed by atoms with van der Waals surface area (Å²) in [6, 6.07) is 3.66. The molecule has 0 unspecified atom stereocenters. The third kappa shape index (κ3) is 4.79. The van der Waals surface area contributed by atoms with Crippen LogP contribution in [0.4, 0.5) is 0 Å². The maximum atomic E-state index is 11.9. The van der Waals surface area contributed by atoms with E-state index in [4.69, 9.17) is 18.9 Å². The van der Waals surface area contributed by atoms with E-state index in [0.29, 0.717) is 24.7 Å². The molecule has 1 amide bonds. The zero-order valence-electron chi connectivity index (χ0n) is 13.2. The van der Waals surface area contributed by atoms with E-state index >= 15 is 0 Å². The molecule has 7 nitrogen and oxygen atoms in total. The van der Waals surface area contributed by atoms with Gasteiger partial charge in [0.1, 0.15) is 0 Å². The van der Waals surface area contributed by atoms with Crippen molar-refractivity contribution in [2.24, 2.45) is 5.10 Å². The Morgan fingerprint density at radius 3 is 2.70 bits per heavy atom. The van der Waals surface area contributed by atoms with Crippen LogP contribution in [-0.2, 0) is 14.3 Å². The van der Waals surface area contributed by atoms with Gasteiger partial charge >= 0.3 is 0 Å². The molecule has 1 aliphatic heterocycles. The first-order valence-electron chi connectivity index (χ1n) is 6.99. The van der Waals surface area contributed by atoms with E-state index in [1.807, 2.05) is 6.07 Å². The van der Waals surface area contributed by atoms with Crippen LogP contribution in [0.15, 0.2) is 17.2 Å². The average molecular weight is 434 g/mol. The fraction of sp³-hybridized carbons (Fsp3) is 0.467. The molecular weight excluding hydrogens is 415 g/mol. The van der Waals surface area contributed by atoms with Crippen molar-refractivity contribution in [3.63, 3.8) is 0 Å². The van der Waals surface area contributed by atoms with Gasteiger partial charge in [-0.05, 0) is 47.2 Å². The first-order chi connectivity index (χ1) is 11.0. The summed E-state index contributed by atoms with van der Waals surface area (Å²) < 4.78 is 22.2. The summed E-state index contributed by atoms with van der Waals surface area (Å²) in [5.74, 6) is 0.129. The summed E-state index contributed by atoms with van der Waals surface area (Å²) in [6.07, 6.45) is 1.63. The minimum Gasteiger partial charge on any atom is -0.493 e. The van der Waals surface area contributed by atoms with Gasteiger partial charge in [-0.25, -0.2) is 5.43 Å². The Morgan fingerprint density at radius 1 is 1.39 bits per heavy atom. The lowest BCUT2D eigenvalue weighted by molar-refractivity contribution is -0.159. The molecule has 2 rings (SSSR count). The number of nitrogens with zero attached hydrogens (tertiary/aromatic N) is 1. The molecule has 1 fully saturated rings. The van der Waals surface area contributed by atoms with Crippen molar-refractivity contribution in [2.75, 3.05) is 27.4 Å². The highest BCUT2D eigenvalue weighted by Gasteiger charge is 2.33. The first kappa shape index (κ1) is 18.0. The van der Waals surface area contributed by atoms with Crippen LogP contribution >= 0.6 is 22.6 Å². The molecule has 0 atom stereocenters. The summed E-state index contributed by atoms with van der Waals surface area (Å²) in [6.45, 7) is 2.73. The van der Waals surface area contributed by atoms with E-state index in [-0.39, 0.29) is 12.3 Å². The molecule has 0 bridgehead atoms. The van der Waals surface area contributed by atoms with Crippen molar-refractivity contribution in [2.45, 2.75) is 19.1 Å². The van der Waals surface area contributed by atoms with Crippen LogP contribution in [-0.4, -0.2) is 45.3 Å². The van der Waals surface area contributed by atoms with Crippen molar-refractivity contribution in [1.82, 2.24) is 5.43 Å². The molecular formula is C15H19IN2O5. The Balaban J connectivity index is 1.97. The van der Waals surface area contributed by atoms with Gasteiger partial charge in [-0.2, -0.15) is 5.10 Å². The van der Waals surface area contributed by atoms with Crippen molar-refractivity contribution in [3.8, 4) is 11.5 Å². The summed E-state index contributed by atoms with van der Waals surface area (Å²) in [5, 5.41) is 3.95. The van der Waals surface area contributed by atoms with E-state index < -0.39 is 5.79 Å². The molecule has 0 spiro atoms. The van der Waals surface area contributed by atoms with Crippen LogP contribution in [0, 0.1) is 3.57 Å². The largest absolute Gasteiger partial charge is 0.493 e. The number of methoxy groups -OCH3 is 2. The molecule has 1 saturated heterocycles. The number of halogens is 1. The molecule has 0 aromatic heterocycles. The number of rotatable bonds is 6. The highest BCUT2D eigenvalue weighted by Crippen LogP contribution is 2.33. The number of hydrazone groups is 1. The molecule has 1 aromatic rings. The van der Waals surface area contributed by atoms with Crippen LogP contribution in [0.5, 0.6) is 11.5 Å². The van der Waals surface area contributed by atoms with Crippen molar-refractivity contribution in [3.05, 3.63) is 21.3 Å². The third-order valence-corrected chi connectivity index (χ3v) is 4.04. The lowest BCUT2D eigenvalue weighted by Gasteiger charge is -2.20. The Labute approximate surface area is 148 Å². The molecule has 0 saturated carbocycles. The van der Waals surface area contributed by atoms with Gasteiger partial charge in [0.15, 0.2) is 17.3 Å². The highest BCUT2D eigenvalue weighted by atomic mass is 127. The highest BCUT2D eigenvalue weighted by molar-refractivity contribution is 14.1. The van der Waals surface area contributed by atoms with Gasteiger partial charge in [0.25, 0.3) is 0 Å². The number of nitrogens with one attached hydrogen (secondary N) is 1. The number of carbonyl (C=O) groups is 1. The SMILES string of the molecule is COc1cc(/C=N\NC(=O)CC2(C)OCCO2)cc(I)c1OC. The fourth-order valence-corrected chi connectivity index (χ4v) is 3.03. The van der Waals surface area contributed by atoms with E-state index in [1.165, 1.54) is 0 Å². The van der Waals surface area contributed by atoms with Crippen molar-refractivity contribution < 1.29 is 23.7 Å². The van der Waals surface area contributed by atoms with Gasteiger partial charge < -0.3 is 18.9 Å². The maximum Gasteiger partial charge on any atom is 0.245 e. The molecule has 1 heterocycles. The summed E-state index contributed by atoms with van der Waals surface area (Å²) in [7, 11) is 3.15. The number of hydrogen-bond acceptors (Lipinski definition) is 6. The Morgan fingerprint density at radius 2 is 2.09 bits per heavy atom. The molecule has 1 N–H and O–H groups in total. The zero-order chi connectivity index (χ0) is 16.9. The second kappa shape index (κ2) is 7.93. The van der Waals surface area contributed by atoms with Crippen LogP contribution in [0.1, 0.15) is 18.9 Å². The molecule has 23 heavy (non-hydrogen) atoms. The maximum absolute atomic E-state index is 11.9. The third-order valence-electron chi connectivity index (χ3n) is 3.24. The van der Waals surface area contributed by atoms with Crippen LogP contribution < -0.4 is 14.9 Å². The van der Waals surface area contributed by atoms with E-state index in [1.54, 1.807) is 33.4 Å². The molecule has 8 heteroatoms. The van der Waals surface area contributed by atoms with Gasteiger partial charge in [-0.1, -0.05) is 0 Å². The van der Waals surface area contributed by atoms with Crippen molar-refractivity contribution in [1.29, 1.82) is 0 Å². The number of amides is 1. The van der Waals surface area contributed by atoms with Gasteiger partial charge in [-0.3, -0.25) is 4.79 Å². The monoisotopic (exact) mass is 434 g/mol. The standard InChI is InChI=1S/C15H19IN2O5/c1-15(22-4-5-23-15)8-13(19)18-17-9-10-6-11(16)14(21-3)12(7-10)20-2/h6-7,9H,4-5,8H2,1-3H3,(H,18,19)/b17-9-. The predicted octanol–water partition coefficient (Wildman–Crippen LogP) is 1.91. The fourth-order valence-electron chi connectivity index (χ4n) is 2.18. The molecule has 1 aromatic carbocycles. The van der Waals surface area contributed by atoms with E-state index in [9.17, 15) is 4.79 Å². The Bertz CT molecular complexity index is 600. The number of benzene rings is 1. The number of ether oxygens (including phenoxy) is 4. The van der Waals surface area contributed by atoms with Crippen LogP contribution in [0.2, 0.25) is 0 Å². The predicted molar refractivity (Wildman–Crippen MR) is 92.9 cm³/mol. The minimum atomic E-state index is -0.863. The van der Waals surface area contributed by atoms with E-state index in [2.05, 4.69) is 33.1 Å². The van der Waals surface area contributed by atoms with E-state index in [0.717, 1.165) is 9.13 Å². The summed E-state index contributed by atoms with van der Waals surface area (Å²) in [4.78, 5) is 11.9. The number of carbonyl (C=O) groups excluding carboxylic acids is 1. The van der Waals surface area contributed by atoms with Crippen molar-refractivity contribution >= 4 is 34.7 Å². The topological polar surface area (TPSA) is 78.4 Å². The lowest BCUT2D eigenvalue weighted by Crippen LogP contribution is -2.33. The quantitative estimate of drug-likeness (QED) is 0.421. The van der Waals surface area contributed by atoms with Crippen LogP contribution in [0.25, 0.3) is 0 Å². The second-order valence-electron chi connectivity index (χ2n) is 5.04. The normalized spacial score (nSPS) is 16.5. The van der Waals surface area contributed by atoms with Gasteiger partial charge in [0.2, 0.25) is 5.91 Å². The lowest BCUT2D eigenvalue weighted by atomic mass is 10.2. The Kier molecular flexibility index (Phi) is 6.19. The summed E-state index contributed by atoms with van der Waals surface area (Å²) >= 11 is 2.15. The molecule has 0 aliphatic carbocycles. The Hall–Kier alpha value is -1.39. The van der Waals surface area contributed by atoms with Gasteiger partial charge in [0.05, 0.1) is 43.6 Å². The first-order valence-corrected chi connectivity index (χ1v) is 8.06. The smallest absolute Gasteiger partial charge is 0.245 e. The molecule has 126 valence electrons. The van der Waals surface area contributed by atoms with Crippen LogP contribution in [0.3, 0.4) is 0 Å². The summed E-state index contributed by atoms with van der Waals surface area (Å²) in [5.41, 5.74) is 3.25. The minimum absolute atomic E-state index is 0.0911. The second-order valence-corrected chi connectivity index (χ2v) is 6.20. The number of hydrogen-bond donors (Lipinski definition) is 1.